The van der Waals surface area contributed by atoms with E-state index in [1.807, 2.05) is 39.0 Å². The van der Waals surface area contributed by atoms with Gasteiger partial charge in [-0.1, -0.05) is 63.4 Å². The molecule has 8 nitrogen and oxygen atoms in total. The fourth-order valence-electron chi connectivity index (χ4n) is 3.81. The van der Waals surface area contributed by atoms with Gasteiger partial charge in [-0.3, -0.25) is 9.59 Å². The van der Waals surface area contributed by atoms with Crippen molar-refractivity contribution in [1.29, 1.82) is 0 Å². The first-order valence-electron chi connectivity index (χ1n) is 12.6. The van der Waals surface area contributed by atoms with Crippen molar-refractivity contribution in [2.45, 2.75) is 91.8 Å². The average Bonchev–Trinajstić information content (AvgIpc) is 2.74. The van der Waals surface area contributed by atoms with E-state index in [4.69, 9.17) is 4.74 Å². The number of unbranched alkanes of at least 4 members (excludes halogenated alkanes) is 2. The van der Waals surface area contributed by atoms with E-state index in [1.165, 1.54) is 4.90 Å². The molecule has 0 fully saturated rings. The van der Waals surface area contributed by atoms with Crippen molar-refractivity contribution in [3.63, 3.8) is 0 Å². The minimum Gasteiger partial charge on any atom is -0.444 e. The summed E-state index contributed by atoms with van der Waals surface area (Å²) in [4.78, 5) is 41.1. The Morgan fingerprint density at radius 2 is 1.83 bits per heavy atom. The van der Waals surface area contributed by atoms with Crippen molar-refractivity contribution in [2.24, 2.45) is 5.92 Å². The molecule has 0 spiro atoms. The first-order chi connectivity index (χ1) is 16.4. The van der Waals surface area contributed by atoms with Crippen molar-refractivity contribution in [3.8, 4) is 0 Å². The van der Waals surface area contributed by atoms with E-state index in [0.717, 1.165) is 24.8 Å². The summed E-state index contributed by atoms with van der Waals surface area (Å²) in [5, 5.41) is 15.5. The second-order valence-electron chi connectivity index (χ2n) is 10.4. The van der Waals surface area contributed by atoms with Crippen LogP contribution in [-0.4, -0.2) is 59.3 Å². The van der Waals surface area contributed by atoms with Crippen molar-refractivity contribution in [3.05, 3.63) is 35.4 Å². The second kappa shape index (κ2) is 14.7. The topological polar surface area (TPSA) is 108 Å². The summed E-state index contributed by atoms with van der Waals surface area (Å²) in [6, 6.07) is 5.59. The predicted octanol–water partition coefficient (Wildman–Crippen LogP) is 4.10. The molecule has 0 radical (unpaired) electrons. The lowest BCUT2D eigenvalue weighted by molar-refractivity contribution is -0.143. The van der Waals surface area contributed by atoms with Crippen molar-refractivity contribution in [1.82, 2.24) is 15.5 Å². The Labute approximate surface area is 210 Å². The molecule has 2 unspecified atom stereocenters. The minimum atomic E-state index is -0.939. The quantitative estimate of drug-likeness (QED) is 0.360. The van der Waals surface area contributed by atoms with Crippen LogP contribution in [0.15, 0.2) is 24.3 Å². The number of aryl methyl sites for hydroxylation is 1. The Bertz CT molecular complexity index is 819. The van der Waals surface area contributed by atoms with E-state index in [0.29, 0.717) is 18.5 Å². The molecule has 1 aromatic carbocycles. The fourth-order valence-corrected chi connectivity index (χ4v) is 3.81. The summed E-state index contributed by atoms with van der Waals surface area (Å²) < 4.78 is 5.37. The van der Waals surface area contributed by atoms with Gasteiger partial charge in [-0.25, -0.2) is 4.79 Å². The number of hydrogen-bond acceptors (Lipinski definition) is 5. The number of carbonyl (C=O) groups is 3. The molecular formula is C27H45N3O5. The summed E-state index contributed by atoms with van der Waals surface area (Å²) in [6.07, 6.45) is 2.52. The van der Waals surface area contributed by atoms with Gasteiger partial charge in [-0.15, -0.1) is 0 Å². The number of carbonyl (C=O) groups excluding carboxylic acids is 3. The van der Waals surface area contributed by atoms with Gasteiger partial charge in [0.25, 0.3) is 0 Å². The normalized spacial score (nSPS) is 13.2. The molecule has 0 aliphatic rings. The molecule has 0 saturated carbocycles. The van der Waals surface area contributed by atoms with Crippen molar-refractivity contribution in [2.75, 3.05) is 19.7 Å². The van der Waals surface area contributed by atoms with E-state index in [1.54, 1.807) is 26.8 Å². The lowest BCUT2D eigenvalue weighted by atomic mass is 9.98. The minimum absolute atomic E-state index is 0.0512. The number of ether oxygens (including phenoxy) is 1. The first kappa shape index (κ1) is 30.4. The molecule has 1 aromatic rings. The zero-order chi connectivity index (χ0) is 26.6. The lowest BCUT2D eigenvalue weighted by Crippen LogP contribution is -2.54. The van der Waals surface area contributed by atoms with Crippen LogP contribution in [0.1, 0.15) is 84.4 Å². The van der Waals surface area contributed by atoms with Gasteiger partial charge < -0.3 is 25.4 Å². The molecule has 0 heterocycles. The standard InChI is InChI=1S/C27H45N3O5/c1-8-9-10-14-28-24(32)23(21-13-11-12-20(4)18-21)30(15-16-31)25(33)22(17-19(2)3)29-26(34)35-27(5,6)7/h11-13,18-19,22-23,31H,8-10,14-17H2,1-7H3,(H,28,32)(H,29,34). The molecule has 198 valence electrons. The van der Waals surface area contributed by atoms with Gasteiger partial charge in [0.15, 0.2) is 0 Å². The molecule has 0 bridgehead atoms. The maximum absolute atomic E-state index is 13.8. The maximum atomic E-state index is 13.8. The summed E-state index contributed by atoms with van der Waals surface area (Å²) in [7, 11) is 0. The van der Waals surface area contributed by atoms with Gasteiger partial charge in [0, 0.05) is 13.1 Å². The van der Waals surface area contributed by atoms with E-state index in [9.17, 15) is 19.5 Å². The number of rotatable bonds is 13. The molecule has 1 rings (SSSR count). The van der Waals surface area contributed by atoms with Gasteiger partial charge in [0.05, 0.1) is 6.61 Å². The number of amides is 3. The molecule has 0 saturated heterocycles. The Morgan fingerprint density at radius 1 is 1.14 bits per heavy atom. The third kappa shape index (κ3) is 11.1. The summed E-state index contributed by atoms with van der Waals surface area (Å²) in [6.45, 7) is 13.3. The van der Waals surface area contributed by atoms with Crippen LogP contribution in [0.2, 0.25) is 0 Å². The highest BCUT2D eigenvalue weighted by Crippen LogP contribution is 2.24. The van der Waals surface area contributed by atoms with E-state index in [2.05, 4.69) is 17.6 Å². The molecular weight excluding hydrogens is 446 g/mol. The number of nitrogens with zero attached hydrogens (tertiary/aromatic N) is 1. The molecule has 3 amide bonds. The highest BCUT2D eigenvalue weighted by molar-refractivity contribution is 5.92. The Kier molecular flexibility index (Phi) is 12.8. The molecule has 2 atom stereocenters. The SMILES string of the molecule is CCCCCNC(=O)C(c1cccc(C)c1)N(CCO)C(=O)C(CC(C)C)NC(=O)OC(C)(C)C. The van der Waals surface area contributed by atoms with Crippen LogP contribution in [-0.2, 0) is 14.3 Å². The summed E-state index contributed by atoms with van der Waals surface area (Å²) >= 11 is 0. The van der Waals surface area contributed by atoms with Gasteiger partial charge in [-0.05, 0) is 52.0 Å². The third-order valence-corrected chi connectivity index (χ3v) is 5.32. The lowest BCUT2D eigenvalue weighted by Gasteiger charge is -2.34. The van der Waals surface area contributed by atoms with Crippen LogP contribution in [0.3, 0.4) is 0 Å². The van der Waals surface area contributed by atoms with Gasteiger partial charge in [0.1, 0.15) is 17.7 Å². The monoisotopic (exact) mass is 491 g/mol. The van der Waals surface area contributed by atoms with Gasteiger partial charge >= 0.3 is 6.09 Å². The number of alkyl carbamates (subject to hydrolysis) is 1. The molecule has 0 aliphatic heterocycles. The van der Waals surface area contributed by atoms with Crippen LogP contribution < -0.4 is 10.6 Å². The zero-order valence-electron chi connectivity index (χ0n) is 22.5. The van der Waals surface area contributed by atoms with Crippen LogP contribution in [0.4, 0.5) is 4.79 Å². The molecule has 0 aliphatic carbocycles. The number of aliphatic hydroxyl groups excluding tert-OH is 1. The highest BCUT2D eigenvalue weighted by Gasteiger charge is 2.36. The van der Waals surface area contributed by atoms with Crippen molar-refractivity contribution >= 4 is 17.9 Å². The first-order valence-corrected chi connectivity index (χ1v) is 12.6. The predicted molar refractivity (Wildman–Crippen MR) is 138 cm³/mol. The van der Waals surface area contributed by atoms with Crippen LogP contribution in [0.25, 0.3) is 0 Å². The summed E-state index contributed by atoms with van der Waals surface area (Å²) in [5.74, 6) is -0.655. The van der Waals surface area contributed by atoms with E-state index in [-0.39, 0.29) is 25.0 Å². The number of benzene rings is 1. The number of hydrogen-bond donors (Lipinski definition) is 3. The smallest absolute Gasteiger partial charge is 0.408 e. The number of nitrogens with one attached hydrogen (secondary N) is 2. The number of aliphatic hydroxyl groups is 1. The van der Waals surface area contributed by atoms with Crippen LogP contribution in [0, 0.1) is 12.8 Å². The van der Waals surface area contributed by atoms with E-state index < -0.39 is 29.7 Å². The van der Waals surface area contributed by atoms with Gasteiger partial charge in [0.2, 0.25) is 11.8 Å². The largest absolute Gasteiger partial charge is 0.444 e. The van der Waals surface area contributed by atoms with E-state index >= 15 is 0 Å². The zero-order valence-corrected chi connectivity index (χ0v) is 22.5. The molecule has 0 aromatic heterocycles. The molecule has 35 heavy (non-hydrogen) atoms. The fraction of sp³-hybridized carbons (Fsp3) is 0.667. The highest BCUT2D eigenvalue weighted by atomic mass is 16.6. The second-order valence-corrected chi connectivity index (χ2v) is 10.4. The Morgan fingerprint density at radius 3 is 2.37 bits per heavy atom. The van der Waals surface area contributed by atoms with Crippen LogP contribution >= 0.6 is 0 Å². The third-order valence-electron chi connectivity index (χ3n) is 5.32. The molecule has 8 heteroatoms. The van der Waals surface area contributed by atoms with Crippen molar-refractivity contribution < 1.29 is 24.2 Å². The van der Waals surface area contributed by atoms with Crippen LogP contribution in [0.5, 0.6) is 0 Å². The Balaban J connectivity index is 3.34. The average molecular weight is 492 g/mol. The molecule has 3 N–H and O–H groups in total. The Hall–Kier alpha value is -2.61. The maximum Gasteiger partial charge on any atom is 0.408 e. The summed E-state index contributed by atoms with van der Waals surface area (Å²) in [5.41, 5.74) is 0.886. The van der Waals surface area contributed by atoms with Gasteiger partial charge in [-0.2, -0.15) is 0 Å².